The molecule has 82 valence electrons. The van der Waals surface area contributed by atoms with Gasteiger partial charge in [-0.2, -0.15) is 0 Å². The number of hydrogen-bond acceptors (Lipinski definition) is 0. The molecule has 0 amide bonds. The molecule has 0 aliphatic carbocycles. The fraction of sp³-hybridized carbons (Fsp3) is 0.667. The van der Waals surface area contributed by atoms with Crippen LogP contribution in [0.2, 0.25) is 0 Å². The Balaban J connectivity index is 0.00000169. The van der Waals surface area contributed by atoms with Gasteiger partial charge in [-0.3, -0.25) is 4.70 Å². The molecular formula is C12H22FN. The minimum absolute atomic E-state index is 0. The maximum absolute atomic E-state index is 2.29. The van der Waals surface area contributed by atoms with Crippen molar-refractivity contribution in [2.45, 2.75) is 52.5 Å². The van der Waals surface area contributed by atoms with Crippen molar-refractivity contribution in [2.75, 3.05) is 0 Å². The lowest BCUT2D eigenvalue weighted by Crippen LogP contribution is -1.93. The lowest BCUT2D eigenvalue weighted by molar-refractivity contribution is 0.569. The third kappa shape index (κ3) is 5.05. The van der Waals surface area contributed by atoms with Crippen molar-refractivity contribution in [3.05, 3.63) is 24.0 Å². The zero-order valence-corrected chi connectivity index (χ0v) is 9.33. The standard InChI is InChI=1S/C12H21N.FH/c1-3-4-5-6-7-9-13-10-8-12(2)11-13;/h8,10-11H,3-7,9H2,1-2H3;1H. The van der Waals surface area contributed by atoms with Crippen molar-refractivity contribution < 1.29 is 4.70 Å². The summed E-state index contributed by atoms with van der Waals surface area (Å²) in [6, 6.07) is 2.17. The molecule has 0 N–H and O–H groups in total. The topological polar surface area (TPSA) is 4.93 Å². The van der Waals surface area contributed by atoms with Crippen LogP contribution in [-0.4, -0.2) is 4.57 Å². The highest BCUT2D eigenvalue weighted by molar-refractivity contribution is 5.06. The Labute approximate surface area is 86.5 Å². The van der Waals surface area contributed by atoms with Gasteiger partial charge < -0.3 is 4.57 Å². The van der Waals surface area contributed by atoms with Crippen LogP contribution >= 0.6 is 0 Å². The van der Waals surface area contributed by atoms with Crippen molar-refractivity contribution in [1.82, 2.24) is 4.57 Å². The number of aromatic nitrogens is 1. The van der Waals surface area contributed by atoms with Crippen LogP contribution in [-0.2, 0) is 6.54 Å². The molecule has 0 atom stereocenters. The summed E-state index contributed by atoms with van der Waals surface area (Å²) in [6.07, 6.45) is 11.2. The molecule has 1 heterocycles. The summed E-state index contributed by atoms with van der Waals surface area (Å²) < 4.78 is 2.29. The maximum Gasteiger partial charge on any atom is 0.0219 e. The van der Waals surface area contributed by atoms with Gasteiger partial charge in [0, 0.05) is 18.9 Å². The molecule has 1 aromatic rings. The molecule has 2 heteroatoms. The first kappa shape index (κ1) is 13.2. The Morgan fingerprint density at radius 1 is 1.14 bits per heavy atom. The number of unbranched alkanes of at least 4 members (excludes halogenated alkanes) is 4. The minimum atomic E-state index is 0. The van der Waals surface area contributed by atoms with Crippen molar-refractivity contribution in [3.8, 4) is 0 Å². The molecule has 14 heavy (non-hydrogen) atoms. The van der Waals surface area contributed by atoms with E-state index in [1.807, 2.05) is 0 Å². The molecule has 1 nitrogen and oxygen atoms in total. The largest absolute Gasteiger partial charge is 0.354 e. The fourth-order valence-electron chi connectivity index (χ4n) is 1.60. The molecular weight excluding hydrogens is 177 g/mol. The maximum atomic E-state index is 2.29. The molecule has 1 aromatic heterocycles. The molecule has 0 saturated heterocycles. The molecule has 0 aliphatic heterocycles. The van der Waals surface area contributed by atoms with Gasteiger partial charge >= 0.3 is 0 Å². The van der Waals surface area contributed by atoms with Crippen LogP contribution in [0.5, 0.6) is 0 Å². The summed E-state index contributed by atoms with van der Waals surface area (Å²) in [5.41, 5.74) is 1.37. The number of halogens is 1. The quantitative estimate of drug-likeness (QED) is 0.612. The summed E-state index contributed by atoms with van der Waals surface area (Å²) in [4.78, 5) is 0. The molecule has 0 fully saturated rings. The zero-order chi connectivity index (χ0) is 9.52. The van der Waals surface area contributed by atoms with Crippen LogP contribution in [0, 0.1) is 6.92 Å². The van der Waals surface area contributed by atoms with Crippen LogP contribution in [0.3, 0.4) is 0 Å². The minimum Gasteiger partial charge on any atom is -0.354 e. The van der Waals surface area contributed by atoms with E-state index in [1.165, 1.54) is 44.2 Å². The van der Waals surface area contributed by atoms with Gasteiger partial charge in [-0.05, 0) is 25.0 Å². The second-order valence-electron chi connectivity index (χ2n) is 3.84. The van der Waals surface area contributed by atoms with Gasteiger partial charge in [0.2, 0.25) is 0 Å². The summed E-state index contributed by atoms with van der Waals surface area (Å²) in [7, 11) is 0. The number of aryl methyl sites for hydroxylation is 2. The summed E-state index contributed by atoms with van der Waals surface area (Å²) in [5, 5.41) is 0. The molecule has 0 spiro atoms. The highest BCUT2D eigenvalue weighted by Gasteiger charge is 1.92. The van der Waals surface area contributed by atoms with E-state index in [1.54, 1.807) is 0 Å². The molecule has 0 bridgehead atoms. The number of nitrogens with zero attached hydrogens (tertiary/aromatic N) is 1. The van der Waals surface area contributed by atoms with Crippen LogP contribution in [0.25, 0.3) is 0 Å². The van der Waals surface area contributed by atoms with E-state index in [4.69, 9.17) is 0 Å². The average Bonchev–Trinajstić information content (AvgIpc) is 2.51. The van der Waals surface area contributed by atoms with Crippen LogP contribution in [0.4, 0.5) is 4.70 Å². The Kier molecular flexibility index (Phi) is 7.17. The predicted octanol–water partition coefficient (Wildman–Crippen LogP) is 3.92. The van der Waals surface area contributed by atoms with Gasteiger partial charge in [0.15, 0.2) is 0 Å². The van der Waals surface area contributed by atoms with Crippen molar-refractivity contribution in [1.29, 1.82) is 0 Å². The molecule has 1 rings (SSSR count). The molecule has 0 saturated carbocycles. The molecule has 0 aromatic carbocycles. The predicted molar refractivity (Wildman–Crippen MR) is 60.4 cm³/mol. The van der Waals surface area contributed by atoms with Crippen molar-refractivity contribution in [2.24, 2.45) is 0 Å². The third-order valence-corrected chi connectivity index (χ3v) is 2.42. The average molecular weight is 199 g/mol. The van der Waals surface area contributed by atoms with E-state index < -0.39 is 0 Å². The summed E-state index contributed by atoms with van der Waals surface area (Å²) in [5.74, 6) is 0. The summed E-state index contributed by atoms with van der Waals surface area (Å²) >= 11 is 0. The second kappa shape index (κ2) is 7.60. The third-order valence-electron chi connectivity index (χ3n) is 2.42. The van der Waals surface area contributed by atoms with Gasteiger partial charge in [0.05, 0.1) is 0 Å². The van der Waals surface area contributed by atoms with E-state index >= 15 is 0 Å². The fourth-order valence-corrected chi connectivity index (χ4v) is 1.60. The van der Waals surface area contributed by atoms with Gasteiger partial charge in [-0.15, -0.1) is 0 Å². The SMILES string of the molecule is CCCCCCCn1ccc(C)c1.F. The lowest BCUT2D eigenvalue weighted by atomic mass is 10.1. The smallest absolute Gasteiger partial charge is 0.0219 e. The number of hydrogen-bond donors (Lipinski definition) is 0. The van der Waals surface area contributed by atoms with Crippen LogP contribution in [0.1, 0.15) is 44.6 Å². The highest BCUT2D eigenvalue weighted by atomic mass is 19.0. The Hall–Kier alpha value is -0.790. The van der Waals surface area contributed by atoms with E-state index in [0.717, 1.165) is 0 Å². The van der Waals surface area contributed by atoms with E-state index in [2.05, 4.69) is 36.9 Å². The van der Waals surface area contributed by atoms with E-state index in [0.29, 0.717) is 0 Å². The monoisotopic (exact) mass is 199 g/mol. The van der Waals surface area contributed by atoms with Crippen molar-refractivity contribution in [3.63, 3.8) is 0 Å². The normalized spacial score (nSPS) is 9.86. The first-order chi connectivity index (χ1) is 6.33. The molecule has 0 radical (unpaired) electrons. The lowest BCUT2D eigenvalue weighted by Gasteiger charge is -2.01. The van der Waals surface area contributed by atoms with Crippen LogP contribution < -0.4 is 0 Å². The summed E-state index contributed by atoms with van der Waals surface area (Å²) in [6.45, 7) is 5.60. The molecule has 0 unspecified atom stereocenters. The zero-order valence-electron chi connectivity index (χ0n) is 9.33. The number of rotatable bonds is 6. The van der Waals surface area contributed by atoms with Gasteiger partial charge in [0.25, 0.3) is 0 Å². The molecule has 0 aliphatic rings. The Bertz CT molecular complexity index is 230. The van der Waals surface area contributed by atoms with Gasteiger partial charge in [-0.25, -0.2) is 0 Å². The van der Waals surface area contributed by atoms with E-state index in [9.17, 15) is 0 Å². The Morgan fingerprint density at radius 3 is 2.43 bits per heavy atom. The first-order valence-corrected chi connectivity index (χ1v) is 5.45. The second-order valence-corrected chi connectivity index (χ2v) is 3.84. The van der Waals surface area contributed by atoms with Gasteiger partial charge in [0.1, 0.15) is 0 Å². The van der Waals surface area contributed by atoms with Crippen molar-refractivity contribution >= 4 is 0 Å². The first-order valence-electron chi connectivity index (χ1n) is 5.45. The Morgan fingerprint density at radius 2 is 1.86 bits per heavy atom. The highest BCUT2D eigenvalue weighted by Crippen LogP contribution is 2.05. The van der Waals surface area contributed by atoms with E-state index in [-0.39, 0.29) is 4.70 Å². The van der Waals surface area contributed by atoms with Gasteiger partial charge in [-0.1, -0.05) is 32.6 Å². The van der Waals surface area contributed by atoms with Crippen LogP contribution in [0.15, 0.2) is 18.5 Å².